The number of aromatic nitrogens is 3. The fraction of sp³-hybridized carbons (Fsp3) is 0.417. The SMILES string of the molecule is Cc1nc(C)c(CNC(=O)Cc2nc[nH]c2C)s1. The van der Waals surface area contributed by atoms with Crippen LogP contribution in [0.4, 0.5) is 0 Å². The van der Waals surface area contributed by atoms with Gasteiger partial charge in [0, 0.05) is 10.6 Å². The Morgan fingerprint density at radius 2 is 2.22 bits per heavy atom. The Balaban J connectivity index is 1.89. The minimum Gasteiger partial charge on any atom is -0.351 e. The molecule has 0 aliphatic rings. The van der Waals surface area contributed by atoms with Crippen molar-refractivity contribution < 1.29 is 4.79 Å². The lowest BCUT2D eigenvalue weighted by Crippen LogP contribution is -2.24. The molecule has 1 amide bonds. The number of rotatable bonds is 4. The van der Waals surface area contributed by atoms with E-state index in [1.807, 2.05) is 20.8 Å². The number of hydrogen-bond acceptors (Lipinski definition) is 4. The van der Waals surface area contributed by atoms with Crippen molar-refractivity contribution in [1.82, 2.24) is 20.3 Å². The molecule has 2 heterocycles. The van der Waals surface area contributed by atoms with Gasteiger partial charge in [0.15, 0.2) is 0 Å². The lowest BCUT2D eigenvalue weighted by atomic mass is 10.2. The minimum atomic E-state index is -0.0179. The zero-order valence-corrected chi connectivity index (χ0v) is 11.5. The fourth-order valence-electron chi connectivity index (χ4n) is 1.70. The molecule has 0 saturated heterocycles. The maximum atomic E-state index is 11.8. The summed E-state index contributed by atoms with van der Waals surface area (Å²) in [5.74, 6) is -0.0179. The lowest BCUT2D eigenvalue weighted by Gasteiger charge is -2.03. The van der Waals surface area contributed by atoms with E-state index in [2.05, 4.69) is 20.3 Å². The zero-order chi connectivity index (χ0) is 13.1. The number of nitrogens with zero attached hydrogens (tertiary/aromatic N) is 2. The molecule has 2 aromatic rings. The third-order valence-electron chi connectivity index (χ3n) is 2.71. The first-order valence-corrected chi connectivity index (χ1v) is 6.56. The van der Waals surface area contributed by atoms with Crippen molar-refractivity contribution >= 4 is 17.2 Å². The molecule has 0 radical (unpaired) electrons. The molecule has 0 aliphatic heterocycles. The largest absolute Gasteiger partial charge is 0.351 e. The van der Waals surface area contributed by atoms with Crippen LogP contribution in [0, 0.1) is 20.8 Å². The molecule has 0 fully saturated rings. The highest BCUT2D eigenvalue weighted by molar-refractivity contribution is 7.11. The van der Waals surface area contributed by atoms with Gasteiger partial charge in [0.1, 0.15) is 0 Å². The normalized spacial score (nSPS) is 10.6. The third kappa shape index (κ3) is 2.95. The van der Waals surface area contributed by atoms with Gasteiger partial charge < -0.3 is 10.3 Å². The molecular formula is C12H16N4OS. The van der Waals surface area contributed by atoms with Crippen LogP contribution in [0.3, 0.4) is 0 Å². The van der Waals surface area contributed by atoms with E-state index in [4.69, 9.17) is 0 Å². The number of H-pyrrole nitrogens is 1. The standard InChI is InChI=1S/C12H16N4OS/c1-7-10(15-6-14-7)4-12(17)13-5-11-8(2)16-9(3)18-11/h6H,4-5H2,1-3H3,(H,13,17)(H,14,15). The number of carbonyl (C=O) groups is 1. The molecule has 2 aromatic heterocycles. The highest BCUT2D eigenvalue weighted by Gasteiger charge is 2.10. The summed E-state index contributed by atoms with van der Waals surface area (Å²) in [5, 5.41) is 3.92. The molecule has 0 unspecified atom stereocenters. The van der Waals surface area contributed by atoms with Crippen LogP contribution in [0.1, 0.15) is 27.0 Å². The van der Waals surface area contributed by atoms with Crippen molar-refractivity contribution in [2.24, 2.45) is 0 Å². The second-order valence-corrected chi connectivity index (χ2v) is 5.46. The first-order valence-electron chi connectivity index (χ1n) is 5.74. The van der Waals surface area contributed by atoms with Crippen molar-refractivity contribution in [2.45, 2.75) is 33.7 Å². The van der Waals surface area contributed by atoms with E-state index in [1.165, 1.54) is 0 Å². The van der Waals surface area contributed by atoms with Crippen LogP contribution in [0.15, 0.2) is 6.33 Å². The van der Waals surface area contributed by atoms with Crippen LogP contribution in [0.2, 0.25) is 0 Å². The summed E-state index contributed by atoms with van der Waals surface area (Å²) in [6.45, 7) is 6.38. The number of imidazole rings is 1. The summed E-state index contributed by atoms with van der Waals surface area (Å²) in [5.41, 5.74) is 2.73. The summed E-state index contributed by atoms with van der Waals surface area (Å²) in [7, 11) is 0. The summed E-state index contributed by atoms with van der Waals surface area (Å²) in [6, 6.07) is 0. The molecule has 0 aromatic carbocycles. The van der Waals surface area contributed by atoms with Crippen molar-refractivity contribution in [2.75, 3.05) is 0 Å². The van der Waals surface area contributed by atoms with Crippen LogP contribution in [0.5, 0.6) is 0 Å². The van der Waals surface area contributed by atoms with Gasteiger partial charge in [-0.05, 0) is 20.8 Å². The Kier molecular flexibility index (Phi) is 3.76. The van der Waals surface area contributed by atoms with E-state index in [-0.39, 0.29) is 5.91 Å². The Labute approximate surface area is 110 Å². The molecular weight excluding hydrogens is 248 g/mol. The maximum absolute atomic E-state index is 11.8. The summed E-state index contributed by atoms with van der Waals surface area (Å²) in [4.78, 5) is 24.3. The van der Waals surface area contributed by atoms with E-state index in [0.29, 0.717) is 13.0 Å². The Bertz CT molecular complexity index is 558. The fourth-order valence-corrected chi connectivity index (χ4v) is 2.57. The van der Waals surface area contributed by atoms with Crippen LogP contribution < -0.4 is 5.32 Å². The number of thiazole rings is 1. The first-order chi connectivity index (χ1) is 8.56. The van der Waals surface area contributed by atoms with Crippen molar-refractivity contribution in [1.29, 1.82) is 0 Å². The molecule has 0 saturated carbocycles. The Hall–Kier alpha value is -1.69. The van der Waals surface area contributed by atoms with E-state index in [9.17, 15) is 4.79 Å². The van der Waals surface area contributed by atoms with Gasteiger partial charge in [-0.1, -0.05) is 0 Å². The summed E-state index contributed by atoms with van der Waals surface area (Å²) >= 11 is 1.62. The quantitative estimate of drug-likeness (QED) is 0.882. The topological polar surface area (TPSA) is 70.7 Å². The summed E-state index contributed by atoms with van der Waals surface area (Å²) < 4.78 is 0. The van der Waals surface area contributed by atoms with Gasteiger partial charge in [-0.2, -0.15) is 0 Å². The number of aromatic amines is 1. The van der Waals surface area contributed by atoms with Gasteiger partial charge in [-0.3, -0.25) is 4.79 Å². The smallest absolute Gasteiger partial charge is 0.226 e. The zero-order valence-electron chi connectivity index (χ0n) is 10.7. The Morgan fingerprint density at radius 3 is 2.78 bits per heavy atom. The van der Waals surface area contributed by atoms with Gasteiger partial charge >= 0.3 is 0 Å². The van der Waals surface area contributed by atoms with Crippen LogP contribution in [-0.4, -0.2) is 20.9 Å². The molecule has 2 N–H and O–H groups in total. The van der Waals surface area contributed by atoms with Crippen molar-refractivity contribution in [3.8, 4) is 0 Å². The molecule has 6 heteroatoms. The van der Waals surface area contributed by atoms with Gasteiger partial charge in [0.2, 0.25) is 5.91 Å². The van der Waals surface area contributed by atoms with Gasteiger partial charge in [-0.25, -0.2) is 9.97 Å². The molecule has 0 bridgehead atoms. The van der Waals surface area contributed by atoms with Gasteiger partial charge in [0.05, 0.1) is 35.7 Å². The predicted octanol–water partition coefficient (Wildman–Crippen LogP) is 1.65. The number of hydrogen-bond donors (Lipinski definition) is 2. The van der Waals surface area contributed by atoms with Crippen LogP contribution in [0.25, 0.3) is 0 Å². The van der Waals surface area contributed by atoms with E-state index in [1.54, 1.807) is 17.7 Å². The van der Waals surface area contributed by atoms with Crippen LogP contribution in [-0.2, 0) is 17.8 Å². The third-order valence-corrected chi connectivity index (χ3v) is 3.78. The molecule has 2 rings (SSSR count). The first kappa shape index (κ1) is 12.8. The Morgan fingerprint density at radius 1 is 1.44 bits per heavy atom. The monoisotopic (exact) mass is 264 g/mol. The minimum absolute atomic E-state index is 0.0179. The number of carbonyl (C=O) groups excluding carboxylic acids is 1. The molecule has 5 nitrogen and oxygen atoms in total. The van der Waals surface area contributed by atoms with Gasteiger partial charge in [-0.15, -0.1) is 11.3 Å². The maximum Gasteiger partial charge on any atom is 0.226 e. The molecule has 18 heavy (non-hydrogen) atoms. The van der Waals surface area contributed by atoms with Gasteiger partial charge in [0.25, 0.3) is 0 Å². The molecule has 0 spiro atoms. The van der Waals surface area contributed by atoms with Crippen molar-refractivity contribution in [3.05, 3.63) is 33.3 Å². The summed E-state index contributed by atoms with van der Waals surface area (Å²) in [6.07, 6.45) is 1.92. The molecule has 0 atom stereocenters. The average molecular weight is 264 g/mol. The second kappa shape index (κ2) is 5.30. The van der Waals surface area contributed by atoms with Crippen molar-refractivity contribution in [3.63, 3.8) is 0 Å². The number of aryl methyl sites for hydroxylation is 3. The highest BCUT2D eigenvalue weighted by atomic mass is 32.1. The van der Waals surface area contributed by atoms with E-state index >= 15 is 0 Å². The predicted molar refractivity (Wildman–Crippen MR) is 70.5 cm³/mol. The van der Waals surface area contributed by atoms with E-state index < -0.39 is 0 Å². The number of nitrogens with one attached hydrogen (secondary N) is 2. The highest BCUT2D eigenvalue weighted by Crippen LogP contribution is 2.16. The molecule has 0 aliphatic carbocycles. The lowest BCUT2D eigenvalue weighted by molar-refractivity contribution is -0.120. The second-order valence-electron chi connectivity index (χ2n) is 4.17. The van der Waals surface area contributed by atoms with Crippen LogP contribution >= 0.6 is 11.3 Å². The van der Waals surface area contributed by atoms with E-state index in [0.717, 1.165) is 27.0 Å². The molecule has 96 valence electrons. The number of amides is 1. The average Bonchev–Trinajstić information content (AvgIpc) is 2.83.